The molecule has 0 spiro atoms. The van der Waals surface area contributed by atoms with E-state index in [0.29, 0.717) is 0 Å². The van der Waals surface area contributed by atoms with E-state index in [1.807, 2.05) is 30.3 Å². The molecule has 134 valence electrons. The number of unbranched alkanes of at least 4 members (excludes halogenated alkanes) is 1. The van der Waals surface area contributed by atoms with Crippen molar-refractivity contribution in [2.45, 2.75) is 32.1 Å². The van der Waals surface area contributed by atoms with Crippen LogP contribution in [0.4, 0.5) is 10.5 Å². The standard InChI is InChI=1S/C20H27N3OS/c24-20(21-12-2-5-15-23-13-3-1-4-14-23)22-18-10-8-17(9-11-18)19-7-6-16-25-19/h6-11,16H,1-5,12-15H2,(H2,21,22,24). The van der Waals surface area contributed by atoms with Gasteiger partial charge in [-0.1, -0.05) is 24.6 Å². The first-order valence-electron chi connectivity index (χ1n) is 9.22. The topological polar surface area (TPSA) is 44.4 Å². The highest BCUT2D eigenvalue weighted by Gasteiger charge is 2.09. The third-order valence-corrected chi connectivity index (χ3v) is 5.50. The van der Waals surface area contributed by atoms with Crippen molar-refractivity contribution in [1.82, 2.24) is 10.2 Å². The number of hydrogen-bond acceptors (Lipinski definition) is 3. The first-order valence-corrected chi connectivity index (χ1v) is 10.1. The molecule has 0 aliphatic carbocycles. The van der Waals surface area contributed by atoms with Crippen molar-refractivity contribution in [1.29, 1.82) is 0 Å². The summed E-state index contributed by atoms with van der Waals surface area (Å²) in [5.41, 5.74) is 2.00. The molecule has 0 radical (unpaired) electrons. The lowest BCUT2D eigenvalue weighted by molar-refractivity contribution is 0.224. The monoisotopic (exact) mass is 357 g/mol. The fourth-order valence-corrected chi connectivity index (χ4v) is 3.91. The van der Waals surface area contributed by atoms with Crippen molar-refractivity contribution >= 4 is 23.1 Å². The summed E-state index contributed by atoms with van der Waals surface area (Å²) in [6.07, 6.45) is 6.24. The number of thiophene rings is 1. The highest BCUT2D eigenvalue weighted by Crippen LogP contribution is 2.25. The molecule has 2 N–H and O–H groups in total. The van der Waals surface area contributed by atoms with Gasteiger partial charge in [0.25, 0.3) is 0 Å². The molecule has 2 amide bonds. The van der Waals surface area contributed by atoms with Gasteiger partial charge >= 0.3 is 6.03 Å². The van der Waals surface area contributed by atoms with Crippen molar-refractivity contribution < 1.29 is 4.79 Å². The maximum absolute atomic E-state index is 12.0. The van der Waals surface area contributed by atoms with E-state index in [4.69, 9.17) is 0 Å². The highest BCUT2D eigenvalue weighted by molar-refractivity contribution is 7.13. The van der Waals surface area contributed by atoms with Gasteiger partial charge in [-0.15, -0.1) is 11.3 Å². The van der Waals surface area contributed by atoms with Crippen LogP contribution in [0.2, 0.25) is 0 Å². The van der Waals surface area contributed by atoms with Gasteiger partial charge < -0.3 is 15.5 Å². The van der Waals surface area contributed by atoms with E-state index in [0.717, 1.165) is 31.6 Å². The minimum Gasteiger partial charge on any atom is -0.338 e. The number of rotatable bonds is 7. The number of benzene rings is 1. The van der Waals surface area contributed by atoms with Gasteiger partial charge in [0, 0.05) is 17.1 Å². The Morgan fingerprint density at radius 3 is 2.56 bits per heavy atom. The van der Waals surface area contributed by atoms with Gasteiger partial charge in [-0.3, -0.25) is 0 Å². The predicted molar refractivity (Wildman–Crippen MR) is 106 cm³/mol. The first-order chi connectivity index (χ1) is 12.3. The van der Waals surface area contributed by atoms with Gasteiger partial charge in [0.2, 0.25) is 0 Å². The lowest BCUT2D eigenvalue weighted by atomic mass is 10.1. The quantitative estimate of drug-likeness (QED) is 0.699. The Morgan fingerprint density at radius 1 is 1.04 bits per heavy atom. The molecule has 1 aliphatic rings. The number of likely N-dealkylation sites (tertiary alicyclic amines) is 1. The number of nitrogens with zero attached hydrogens (tertiary/aromatic N) is 1. The zero-order valence-corrected chi connectivity index (χ0v) is 15.5. The second-order valence-corrected chi connectivity index (χ2v) is 7.49. The van der Waals surface area contributed by atoms with Crippen molar-refractivity contribution in [3.05, 3.63) is 41.8 Å². The van der Waals surface area contributed by atoms with Crippen LogP contribution < -0.4 is 10.6 Å². The molecule has 3 rings (SSSR count). The average molecular weight is 358 g/mol. The number of carbonyl (C=O) groups excluding carboxylic acids is 1. The van der Waals surface area contributed by atoms with Crippen LogP contribution >= 0.6 is 11.3 Å². The van der Waals surface area contributed by atoms with Crippen LogP contribution in [0.3, 0.4) is 0 Å². The van der Waals surface area contributed by atoms with Crippen molar-refractivity contribution in [3.8, 4) is 10.4 Å². The summed E-state index contributed by atoms with van der Waals surface area (Å²) < 4.78 is 0. The average Bonchev–Trinajstić information content (AvgIpc) is 3.18. The third-order valence-electron chi connectivity index (χ3n) is 4.58. The summed E-state index contributed by atoms with van der Waals surface area (Å²) >= 11 is 1.72. The van der Waals surface area contributed by atoms with Gasteiger partial charge in [-0.2, -0.15) is 0 Å². The number of piperidine rings is 1. The Labute approximate surface area is 154 Å². The van der Waals surface area contributed by atoms with Gasteiger partial charge in [0.1, 0.15) is 0 Å². The molecule has 4 nitrogen and oxygen atoms in total. The molecule has 0 saturated carbocycles. The molecule has 1 saturated heterocycles. The Kier molecular flexibility index (Phi) is 6.89. The van der Waals surface area contributed by atoms with Crippen LogP contribution in [-0.2, 0) is 0 Å². The van der Waals surface area contributed by atoms with E-state index in [-0.39, 0.29) is 6.03 Å². The highest BCUT2D eigenvalue weighted by atomic mass is 32.1. The van der Waals surface area contributed by atoms with Crippen molar-refractivity contribution in [2.75, 3.05) is 31.5 Å². The van der Waals surface area contributed by atoms with E-state index in [1.165, 1.54) is 42.8 Å². The summed E-state index contributed by atoms with van der Waals surface area (Å²) in [5, 5.41) is 7.91. The molecule has 25 heavy (non-hydrogen) atoms. The number of urea groups is 1. The van der Waals surface area contributed by atoms with Gasteiger partial charge in [-0.25, -0.2) is 4.79 Å². The minimum absolute atomic E-state index is 0.123. The smallest absolute Gasteiger partial charge is 0.319 e. The second kappa shape index (κ2) is 9.59. The maximum atomic E-state index is 12.0. The first kappa shape index (κ1) is 18.0. The maximum Gasteiger partial charge on any atom is 0.319 e. The second-order valence-electron chi connectivity index (χ2n) is 6.54. The van der Waals surface area contributed by atoms with Crippen LogP contribution in [0.25, 0.3) is 10.4 Å². The van der Waals surface area contributed by atoms with E-state index in [2.05, 4.69) is 27.0 Å². The molecule has 1 aliphatic heterocycles. The molecule has 0 bridgehead atoms. The molecule has 5 heteroatoms. The summed E-state index contributed by atoms with van der Waals surface area (Å²) in [4.78, 5) is 15.7. The van der Waals surface area contributed by atoms with E-state index >= 15 is 0 Å². The fraction of sp³-hybridized carbons (Fsp3) is 0.450. The van der Waals surface area contributed by atoms with Crippen LogP contribution in [0.1, 0.15) is 32.1 Å². The molecule has 1 aromatic heterocycles. The normalized spacial score (nSPS) is 15.0. The Hall–Kier alpha value is -1.85. The minimum atomic E-state index is -0.123. The molecular formula is C20H27N3OS. The molecular weight excluding hydrogens is 330 g/mol. The molecule has 1 fully saturated rings. The molecule has 0 atom stereocenters. The predicted octanol–water partition coefficient (Wildman–Crippen LogP) is 4.80. The van der Waals surface area contributed by atoms with Crippen molar-refractivity contribution in [3.63, 3.8) is 0 Å². The summed E-state index contributed by atoms with van der Waals surface area (Å²) in [7, 11) is 0. The zero-order chi connectivity index (χ0) is 17.3. The summed E-state index contributed by atoms with van der Waals surface area (Å²) in [6.45, 7) is 4.38. The number of carbonyl (C=O) groups is 1. The lowest BCUT2D eigenvalue weighted by Crippen LogP contribution is -2.32. The van der Waals surface area contributed by atoms with E-state index < -0.39 is 0 Å². The lowest BCUT2D eigenvalue weighted by Gasteiger charge is -2.26. The number of anilines is 1. The van der Waals surface area contributed by atoms with E-state index in [1.54, 1.807) is 11.3 Å². The molecule has 2 heterocycles. The van der Waals surface area contributed by atoms with Crippen LogP contribution in [-0.4, -0.2) is 37.1 Å². The zero-order valence-electron chi connectivity index (χ0n) is 14.7. The molecule has 1 aromatic carbocycles. The number of nitrogens with one attached hydrogen (secondary N) is 2. The molecule has 0 unspecified atom stereocenters. The summed E-state index contributed by atoms with van der Waals surface area (Å²) in [5.74, 6) is 0. The van der Waals surface area contributed by atoms with E-state index in [9.17, 15) is 4.79 Å². The van der Waals surface area contributed by atoms with Gasteiger partial charge in [0.15, 0.2) is 0 Å². The van der Waals surface area contributed by atoms with Crippen LogP contribution in [0.15, 0.2) is 41.8 Å². The Morgan fingerprint density at radius 2 is 1.84 bits per heavy atom. The van der Waals surface area contributed by atoms with Gasteiger partial charge in [-0.05, 0) is 74.5 Å². The number of hydrogen-bond donors (Lipinski definition) is 2. The van der Waals surface area contributed by atoms with Crippen LogP contribution in [0.5, 0.6) is 0 Å². The molecule has 2 aromatic rings. The number of amides is 2. The largest absolute Gasteiger partial charge is 0.338 e. The Bertz CT molecular complexity index is 633. The third kappa shape index (κ3) is 5.87. The summed E-state index contributed by atoms with van der Waals surface area (Å²) in [6, 6.07) is 12.0. The van der Waals surface area contributed by atoms with Gasteiger partial charge in [0.05, 0.1) is 0 Å². The fourth-order valence-electron chi connectivity index (χ4n) is 3.18. The Balaban J connectivity index is 1.32. The van der Waals surface area contributed by atoms with Crippen LogP contribution in [0, 0.1) is 0 Å². The van der Waals surface area contributed by atoms with Crippen molar-refractivity contribution in [2.24, 2.45) is 0 Å². The SMILES string of the molecule is O=C(NCCCCN1CCCCC1)Nc1ccc(-c2cccs2)cc1.